The third kappa shape index (κ3) is 2.48. The van der Waals surface area contributed by atoms with Gasteiger partial charge in [-0.15, -0.1) is 11.3 Å². The van der Waals surface area contributed by atoms with Crippen molar-refractivity contribution in [2.45, 2.75) is 25.4 Å². The minimum atomic E-state index is -1.82. The Labute approximate surface area is 97.9 Å². The average molecular weight is 242 g/mol. The summed E-state index contributed by atoms with van der Waals surface area (Å²) in [5, 5.41) is 11.8. The quantitative estimate of drug-likeness (QED) is 0.625. The Morgan fingerprint density at radius 1 is 1.75 bits per heavy atom. The zero-order valence-electron chi connectivity index (χ0n) is 9.17. The largest absolute Gasteiger partial charge is 0.464 e. The highest BCUT2D eigenvalue weighted by atomic mass is 32.1. The monoisotopic (exact) mass is 242 g/mol. The van der Waals surface area contributed by atoms with Gasteiger partial charge in [-0.2, -0.15) is 0 Å². The van der Waals surface area contributed by atoms with Crippen LogP contribution in [0.15, 0.2) is 17.5 Å². The van der Waals surface area contributed by atoms with Gasteiger partial charge in [0.1, 0.15) is 6.29 Å². The first-order chi connectivity index (χ1) is 7.54. The van der Waals surface area contributed by atoms with Crippen LogP contribution in [0.2, 0.25) is 0 Å². The lowest BCUT2D eigenvalue weighted by Gasteiger charge is -2.25. The topological polar surface area (TPSA) is 63.6 Å². The second-order valence-corrected chi connectivity index (χ2v) is 4.48. The second-order valence-electron chi connectivity index (χ2n) is 3.50. The second kappa shape index (κ2) is 5.23. The molecule has 0 bridgehead atoms. The number of hydrogen-bond acceptors (Lipinski definition) is 5. The molecule has 1 aromatic rings. The number of esters is 1. The lowest BCUT2D eigenvalue weighted by Crippen LogP contribution is -2.43. The molecule has 0 saturated carbocycles. The summed E-state index contributed by atoms with van der Waals surface area (Å²) >= 11 is 1.32. The van der Waals surface area contributed by atoms with Crippen molar-refractivity contribution in [1.29, 1.82) is 0 Å². The fourth-order valence-corrected chi connectivity index (χ4v) is 2.25. The third-order valence-electron chi connectivity index (χ3n) is 2.28. The van der Waals surface area contributed by atoms with E-state index >= 15 is 0 Å². The summed E-state index contributed by atoms with van der Waals surface area (Å²) in [5.74, 6) is -1.66. The Morgan fingerprint density at radius 3 is 2.88 bits per heavy atom. The van der Waals surface area contributed by atoms with Gasteiger partial charge in [0.15, 0.2) is 5.60 Å². The van der Waals surface area contributed by atoms with E-state index in [1.54, 1.807) is 24.4 Å². The standard InChI is InChI=1S/C11H14O4S/c1-3-15-10(13)11(2,14)8(7-12)9-5-4-6-16-9/h4-8,14H,3H2,1-2H3. The SMILES string of the molecule is CCOC(=O)C(C)(O)C(C=O)c1cccs1. The predicted molar refractivity (Wildman–Crippen MR) is 60.4 cm³/mol. The summed E-state index contributed by atoms with van der Waals surface area (Å²) in [6, 6.07) is 3.47. The van der Waals surface area contributed by atoms with Gasteiger partial charge in [0.25, 0.3) is 0 Å². The van der Waals surface area contributed by atoms with Gasteiger partial charge in [-0.05, 0) is 25.3 Å². The number of ether oxygens (including phenoxy) is 1. The Kier molecular flexibility index (Phi) is 4.20. The van der Waals surface area contributed by atoms with E-state index in [4.69, 9.17) is 4.74 Å². The normalized spacial score (nSPS) is 16.2. The van der Waals surface area contributed by atoms with Gasteiger partial charge in [-0.3, -0.25) is 0 Å². The van der Waals surface area contributed by atoms with Crippen LogP contribution in [0.1, 0.15) is 24.6 Å². The van der Waals surface area contributed by atoms with Gasteiger partial charge >= 0.3 is 5.97 Å². The minimum absolute atomic E-state index is 0.172. The lowest BCUT2D eigenvalue weighted by molar-refractivity contribution is -0.166. The van der Waals surface area contributed by atoms with E-state index in [1.165, 1.54) is 18.3 Å². The number of thiophene rings is 1. The van der Waals surface area contributed by atoms with E-state index in [1.807, 2.05) is 0 Å². The molecule has 0 aliphatic carbocycles. The number of carbonyl (C=O) groups is 2. The molecule has 5 heteroatoms. The zero-order valence-corrected chi connectivity index (χ0v) is 9.99. The molecule has 0 fully saturated rings. The van der Waals surface area contributed by atoms with Gasteiger partial charge in [0.2, 0.25) is 0 Å². The summed E-state index contributed by atoms with van der Waals surface area (Å²) in [6.07, 6.45) is 0.572. The summed E-state index contributed by atoms with van der Waals surface area (Å²) < 4.78 is 4.74. The number of aliphatic hydroxyl groups is 1. The minimum Gasteiger partial charge on any atom is -0.464 e. The van der Waals surface area contributed by atoms with E-state index in [2.05, 4.69) is 0 Å². The smallest absolute Gasteiger partial charge is 0.338 e. The molecule has 0 radical (unpaired) electrons. The van der Waals surface area contributed by atoms with Crippen LogP contribution < -0.4 is 0 Å². The molecule has 0 spiro atoms. The van der Waals surface area contributed by atoms with E-state index < -0.39 is 17.5 Å². The Morgan fingerprint density at radius 2 is 2.44 bits per heavy atom. The molecule has 1 aromatic heterocycles. The van der Waals surface area contributed by atoms with Crippen molar-refractivity contribution in [3.8, 4) is 0 Å². The molecule has 0 aliphatic rings. The van der Waals surface area contributed by atoms with Gasteiger partial charge in [-0.25, -0.2) is 4.79 Å². The Hall–Kier alpha value is -1.20. The van der Waals surface area contributed by atoms with Gasteiger partial charge in [0, 0.05) is 4.88 Å². The molecule has 0 amide bonds. The summed E-state index contributed by atoms with van der Waals surface area (Å²) in [5.41, 5.74) is -1.82. The third-order valence-corrected chi connectivity index (χ3v) is 3.24. The molecule has 0 saturated heterocycles. The van der Waals surface area contributed by atoms with Crippen LogP contribution in [0.4, 0.5) is 0 Å². The van der Waals surface area contributed by atoms with Gasteiger partial charge < -0.3 is 14.6 Å². The highest BCUT2D eigenvalue weighted by molar-refractivity contribution is 7.10. The van der Waals surface area contributed by atoms with Crippen LogP contribution in [-0.2, 0) is 14.3 Å². The summed E-state index contributed by atoms with van der Waals surface area (Å²) in [6.45, 7) is 3.11. The zero-order chi connectivity index (χ0) is 12.2. The number of hydrogen-bond donors (Lipinski definition) is 1. The number of carbonyl (C=O) groups excluding carboxylic acids is 2. The molecule has 4 nitrogen and oxygen atoms in total. The summed E-state index contributed by atoms with van der Waals surface area (Å²) in [7, 11) is 0. The van der Waals surface area contributed by atoms with E-state index in [0.29, 0.717) is 11.2 Å². The summed E-state index contributed by atoms with van der Waals surface area (Å²) in [4.78, 5) is 23.2. The van der Waals surface area contributed by atoms with E-state index in [-0.39, 0.29) is 6.61 Å². The molecule has 2 unspecified atom stereocenters. The molecule has 1 N–H and O–H groups in total. The van der Waals surface area contributed by atoms with Crippen molar-refractivity contribution < 1.29 is 19.4 Å². The first-order valence-corrected chi connectivity index (χ1v) is 5.80. The molecule has 0 aliphatic heterocycles. The molecule has 0 aromatic carbocycles. The maximum atomic E-state index is 11.5. The molecule has 1 heterocycles. The predicted octanol–water partition coefficient (Wildman–Crippen LogP) is 1.34. The van der Waals surface area contributed by atoms with Crippen molar-refractivity contribution in [3.63, 3.8) is 0 Å². The molecule has 2 atom stereocenters. The van der Waals surface area contributed by atoms with Gasteiger partial charge in [-0.1, -0.05) is 6.07 Å². The molecule has 88 valence electrons. The maximum absolute atomic E-state index is 11.5. The van der Waals surface area contributed by atoms with Crippen LogP contribution in [0.5, 0.6) is 0 Å². The van der Waals surface area contributed by atoms with Crippen LogP contribution in [-0.4, -0.2) is 29.6 Å². The fourth-order valence-electron chi connectivity index (χ4n) is 1.35. The molecular formula is C11H14O4S. The molecule has 1 rings (SSSR count). The highest BCUT2D eigenvalue weighted by Crippen LogP contribution is 2.30. The lowest BCUT2D eigenvalue weighted by atomic mass is 9.89. The van der Waals surface area contributed by atoms with Crippen LogP contribution in [0.3, 0.4) is 0 Å². The first kappa shape index (κ1) is 12.9. The van der Waals surface area contributed by atoms with E-state index in [9.17, 15) is 14.7 Å². The van der Waals surface area contributed by atoms with Crippen molar-refractivity contribution in [1.82, 2.24) is 0 Å². The number of rotatable bonds is 5. The van der Waals surface area contributed by atoms with Crippen LogP contribution in [0.25, 0.3) is 0 Å². The Balaban J connectivity index is 2.95. The Bertz CT molecular complexity index is 356. The van der Waals surface area contributed by atoms with Crippen molar-refractivity contribution in [2.24, 2.45) is 0 Å². The maximum Gasteiger partial charge on any atom is 0.338 e. The van der Waals surface area contributed by atoms with Crippen LogP contribution >= 0.6 is 11.3 Å². The first-order valence-electron chi connectivity index (χ1n) is 4.92. The fraction of sp³-hybridized carbons (Fsp3) is 0.455. The van der Waals surface area contributed by atoms with Gasteiger partial charge in [0.05, 0.1) is 12.5 Å². The highest BCUT2D eigenvalue weighted by Gasteiger charge is 2.42. The van der Waals surface area contributed by atoms with Crippen LogP contribution in [0, 0.1) is 0 Å². The van der Waals surface area contributed by atoms with E-state index in [0.717, 1.165) is 0 Å². The van der Waals surface area contributed by atoms with Crippen molar-refractivity contribution in [3.05, 3.63) is 22.4 Å². The average Bonchev–Trinajstić information content (AvgIpc) is 2.72. The van der Waals surface area contributed by atoms with Crippen molar-refractivity contribution >= 4 is 23.6 Å². The molecule has 16 heavy (non-hydrogen) atoms. The van der Waals surface area contributed by atoms with Crippen molar-refractivity contribution in [2.75, 3.05) is 6.61 Å². The molecular weight excluding hydrogens is 228 g/mol. The number of aldehydes is 1.